The third kappa shape index (κ3) is 5.55. The molecule has 2 aromatic rings. The summed E-state index contributed by atoms with van der Waals surface area (Å²) in [6.45, 7) is 5.05. The second-order valence-electron chi connectivity index (χ2n) is 5.34. The van der Waals surface area contributed by atoms with Gasteiger partial charge in [-0.25, -0.2) is 0 Å². The average Bonchev–Trinajstić information content (AvgIpc) is 2.66. The van der Waals surface area contributed by atoms with Crippen molar-refractivity contribution in [3.63, 3.8) is 0 Å². The van der Waals surface area contributed by atoms with Crippen molar-refractivity contribution in [2.75, 3.05) is 20.3 Å². The van der Waals surface area contributed by atoms with E-state index in [2.05, 4.69) is 0 Å². The van der Waals surface area contributed by atoms with Crippen molar-refractivity contribution in [3.8, 4) is 5.75 Å². The lowest BCUT2D eigenvalue weighted by atomic mass is 10.1. The highest BCUT2D eigenvalue weighted by molar-refractivity contribution is 6.06. The number of carbonyl (C=O) groups is 1. The molecule has 132 valence electrons. The van der Waals surface area contributed by atoms with E-state index in [1.165, 1.54) is 0 Å². The number of hydrogen-bond acceptors (Lipinski definition) is 4. The predicted octanol–water partition coefficient (Wildman–Crippen LogP) is 4.66. The Balaban J connectivity index is 2.03. The zero-order valence-corrected chi connectivity index (χ0v) is 14.9. The van der Waals surface area contributed by atoms with Crippen LogP contribution in [-0.4, -0.2) is 26.1 Å². The molecule has 0 aliphatic heterocycles. The smallest absolute Gasteiger partial charge is 0.185 e. The first-order valence-corrected chi connectivity index (χ1v) is 8.37. The van der Waals surface area contributed by atoms with Crippen molar-refractivity contribution in [3.05, 3.63) is 71.3 Å². The molecule has 2 aromatic carbocycles. The number of allylic oxidation sites excluding steroid dienone is 1. The maximum atomic E-state index is 12.2. The fourth-order valence-electron chi connectivity index (χ4n) is 2.33. The predicted molar refractivity (Wildman–Crippen MR) is 98.8 cm³/mol. The van der Waals surface area contributed by atoms with Crippen molar-refractivity contribution in [2.24, 2.45) is 0 Å². The van der Waals surface area contributed by atoms with E-state index in [1.807, 2.05) is 38.1 Å². The van der Waals surface area contributed by atoms with Gasteiger partial charge in [0.25, 0.3) is 0 Å². The van der Waals surface area contributed by atoms with Crippen LogP contribution >= 0.6 is 0 Å². The van der Waals surface area contributed by atoms with E-state index in [9.17, 15) is 4.79 Å². The molecule has 0 fully saturated rings. The van der Waals surface area contributed by atoms with Crippen LogP contribution in [0.25, 0.3) is 6.08 Å². The normalized spacial score (nSPS) is 11.2. The maximum absolute atomic E-state index is 12.2. The minimum absolute atomic E-state index is 0.0479. The van der Waals surface area contributed by atoms with Gasteiger partial charge in [-0.05, 0) is 49.8 Å². The molecule has 0 heterocycles. The molecule has 0 saturated carbocycles. The van der Waals surface area contributed by atoms with Gasteiger partial charge in [0.15, 0.2) is 12.1 Å². The zero-order chi connectivity index (χ0) is 18.1. The Bertz CT molecular complexity index is 681. The molecular formula is C21H24O4. The van der Waals surface area contributed by atoms with Crippen LogP contribution in [0.5, 0.6) is 5.75 Å². The molecule has 0 bridgehead atoms. The maximum Gasteiger partial charge on any atom is 0.185 e. The van der Waals surface area contributed by atoms with Crippen LogP contribution in [0.2, 0.25) is 0 Å². The second-order valence-corrected chi connectivity index (χ2v) is 5.34. The van der Waals surface area contributed by atoms with Crippen LogP contribution in [0.4, 0.5) is 0 Å². The lowest BCUT2D eigenvalue weighted by Gasteiger charge is -2.17. The number of carbonyl (C=O) groups excluding carboxylic acids is 1. The molecule has 0 N–H and O–H groups in total. The van der Waals surface area contributed by atoms with Gasteiger partial charge in [0.2, 0.25) is 0 Å². The molecule has 0 spiro atoms. The third-order valence-corrected chi connectivity index (χ3v) is 3.65. The van der Waals surface area contributed by atoms with Gasteiger partial charge in [-0.1, -0.05) is 30.3 Å². The van der Waals surface area contributed by atoms with E-state index in [1.54, 1.807) is 43.5 Å². The highest BCUT2D eigenvalue weighted by Gasteiger charge is 2.10. The number of ketones is 1. The molecule has 0 amide bonds. The number of hydrogen-bond donors (Lipinski definition) is 0. The quantitative estimate of drug-likeness (QED) is 0.378. The van der Waals surface area contributed by atoms with Crippen LogP contribution in [0.15, 0.2) is 54.6 Å². The Morgan fingerprint density at radius 3 is 2.08 bits per heavy atom. The number of rotatable bonds is 9. The van der Waals surface area contributed by atoms with Gasteiger partial charge in [0.05, 0.1) is 7.11 Å². The first kappa shape index (κ1) is 18.9. The summed E-state index contributed by atoms with van der Waals surface area (Å²) >= 11 is 0. The van der Waals surface area contributed by atoms with Crippen molar-refractivity contribution in [1.82, 2.24) is 0 Å². The molecule has 0 unspecified atom stereocenters. The van der Waals surface area contributed by atoms with Crippen LogP contribution in [0.1, 0.15) is 41.6 Å². The number of ether oxygens (including phenoxy) is 3. The van der Waals surface area contributed by atoms with Gasteiger partial charge in [0.1, 0.15) is 5.75 Å². The number of methoxy groups -OCH3 is 1. The molecule has 0 atom stereocenters. The summed E-state index contributed by atoms with van der Waals surface area (Å²) in [6, 6.07) is 14.8. The van der Waals surface area contributed by atoms with Gasteiger partial charge < -0.3 is 14.2 Å². The highest BCUT2D eigenvalue weighted by Crippen LogP contribution is 2.20. The van der Waals surface area contributed by atoms with E-state index < -0.39 is 0 Å². The van der Waals surface area contributed by atoms with Gasteiger partial charge in [-0.2, -0.15) is 0 Å². The van der Waals surface area contributed by atoms with E-state index >= 15 is 0 Å². The van der Waals surface area contributed by atoms with Crippen molar-refractivity contribution < 1.29 is 19.0 Å². The zero-order valence-electron chi connectivity index (χ0n) is 14.9. The monoisotopic (exact) mass is 340 g/mol. The van der Waals surface area contributed by atoms with E-state index in [-0.39, 0.29) is 12.1 Å². The average molecular weight is 340 g/mol. The molecule has 0 aromatic heterocycles. The summed E-state index contributed by atoms with van der Waals surface area (Å²) in [5.41, 5.74) is 2.53. The summed E-state index contributed by atoms with van der Waals surface area (Å²) in [5.74, 6) is 0.683. The van der Waals surface area contributed by atoms with Crippen molar-refractivity contribution in [2.45, 2.75) is 20.1 Å². The first-order valence-electron chi connectivity index (χ1n) is 8.37. The molecule has 0 saturated heterocycles. The van der Waals surface area contributed by atoms with Gasteiger partial charge >= 0.3 is 0 Å². The fraction of sp³-hybridized carbons (Fsp3) is 0.286. The molecular weight excluding hydrogens is 316 g/mol. The molecule has 4 nitrogen and oxygen atoms in total. The van der Waals surface area contributed by atoms with E-state index in [0.29, 0.717) is 18.8 Å². The Morgan fingerprint density at radius 1 is 0.960 bits per heavy atom. The highest BCUT2D eigenvalue weighted by atomic mass is 16.7. The molecule has 0 aliphatic carbocycles. The Kier molecular flexibility index (Phi) is 7.38. The first-order chi connectivity index (χ1) is 12.2. The SMILES string of the molecule is CCOC(OCC)c1ccc(/C=C/C(=O)c2ccc(OC)cc2)cc1. The third-order valence-electron chi connectivity index (χ3n) is 3.65. The van der Waals surface area contributed by atoms with Crippen LogP contribution in [0.3, 0.4) is 0 Å². The van der Waals surface area contributed by atoms with Crippen LogP contribution in [-0.2, 0) is 9.47 Å². The molecule has 25 heavy (non-hydrogen) atoms. The lowest BCUT2D eigenvalue weighted by molar-refractivity contribution is -0.140. The minimum Gasteiger partial charge on any atom is -0.497 e. The summed E-state index contributed by atoms with van der Waals surface area (Å²) in [5, 5.41) is 0. The summed E-state index contributed by atoms with van der Waals surface area (Å²) in [4.78, 5) is 12.2. The Morgan fingerprint density at radius 2 is 1.56 bits per heavy atom. The molecule has 2 rings (SSSR count). The van der Waals surface area contributed by atoms with Gasteiger partial charge in [0, 0.05) is 24.3 Å². The van der Waals surface area contributed by atoms with E-state index in [4.69, 9.17) is 14.2 Å². The molecule has 4 heteroatoms. The largest absolute Gasteiger partial charge is 0.497 e. The topological polar surface area (TPSA) is 44.8 Å². The molecule has 0 radical (unpaired) electrons. The standard InChI is InChI=1S/C21H24O4/c1-4-24-21(25-5-2)18-9-6-16(7-10-18)8-15-20(22)17-11-13-19(23-3)14-12-17/h6-15,21H,4-5H2,1-3H3/b15-8+. The van der Waals surface area contributed by atoms with Crippen LogP contribution in [0, 0.1) is 0 Å². The van der Waals surface area contributed by atoms with Crippen LogP contribution < -0.4 is 4.74 Å². The fourth-order valence-corrected chi connectivity index (χ4v) is 2.33. The van der Waals surface area contributed by atoms with Crippen molar-refractivity contribution in [1.29, 1.82) is 0 Å². The van der Waals surface area contributed by atoms with Crippen molar-refractivity contribution >= 4 is 11.9 Å². The van der Waals surface area contributed by atoms with E-state index in [0.717, 1.165) is 16.9 Å². The van der Waals surface area contributed by atoms with Gasteiger partial charge in [-0.15, -0.1) is 0 Å². The number of benzene rings is 2. The summed E-state index contributed by atoms with van der Waals surface area (Å²) < 4.78 is 16.3. The Labute approximate surface area is 149 Å². The Hall–Kier alpha value is -2.43. The summed E-state index contributed by atoms with van der Waals surface area (Å²) in [6.07, 6.45) is 3.01. The minimum atomic E-state index is -0.353. The molecule has 0 aliphatic rings. The second kappa shape index (κ2) is 9.77. The summed E-state index contributed by atoms with van der Waals surface area (Å²) in [7, 11) is 1.60. The van der Waals surface area contributed by atoms with Gasteiger partial charge in [-0.3, -0.25) is 4.79 Å². The lowest BCUT2D eigenvalue weighted by Crippen LogP contribution is -2.08.